The fourth-order valence-electron chi connectivity index (χ4n) is 2.25. The van der Waals surface area contributed by atoms with Gasteiger partial charge in [-0.3, -0.25) is 0 Å². The van der Waals surface area contributed by atoms with Gasteiger partial charge in [-0.1, -0.05) is 12.2 Å². The predicted molar refractivity (Wildman–Crippen MR) is 42.4 cm³/mol. The summed E-state index contributed by atoms with van der Waals surface area (Å²) in [6.45, 7) is 0. The molecule has 3 unspecified atom stereocenters. The van der Waals surface area contributed by atoms with Crippen LogP contribution < -0.4 is 0 Å². The van der Waals surface area contributed by atoms with Crippen molar-refractivity contribution in [3.63, 3.8) is 0 Å². The highest BCUT2D eigenvalue weighted by atomic mass is 16.1. The normalized spacial score (nSPS) is 42.6. The average molecular weight is 134 g/mol. The maximum atomic E-state index is 11.0. The van der Waals surface area contributed by atoms with E-state index < -0.39 is 0 Å². The van der Waals surface area contributed by atoms with Gasteiger partial charge < -0.3 is 4.79 Å². The van der Waals surface area contributed by atoms with Crippen LogP contribution in [0.4, 0.5) is 0 Å². The molecule has 0 amide bonds. The quantitative estimate of drug-likeness (QED) is 0.373. The minimum absolute atomic E-state index is 0.370. The summed E-state index contributed by atoms with van der Waals surface area (Å²) in [7, 11) is 1.72. The summed E-state index contributed by atoms with van der Waals surface area (Å²) >= 11 is 0. The summed E-state index contributed by atoms with van der Waals surface area (Å²) in [6, 6.07) is 0. The molecule has 0 radical (unpaired) electrons. The molecule has 2 rings (SSSR count). The Hall–Kier alpha value is -0.525. The second-order valence-electron chi connectivity index (χ2n) is 3.50. The molecule has 0 aromatic rings. The molecule has 52 valence electrons. The third kappa shape index (κ3) is 0.748. The van der Waals surface area contributed by atoms with E-state index in [9.17, 15) is 4.79 Å². The monoisotopic (exact) mass is 134 g/mol. The first-order chi connectivity index (χ1) is 4.77. The van der Waals surface area contributed by atoms with Crippen LogP contribution in [0.2, 0.25) is 0 Å². The average Bonchev–Trinajstić information content (AvgIpc) is 2.44. The highest BCUT2D eigenvalue weighted by Crippen LogP contribution is 2.43. The highest BCUT2D eigenvalue weighted by Gasteiger charge is 2.37. The molecular formula is C8H11BO. The van der Waals surface area contributed by atoms with Crippen molar-refractivity contribution in [1.82, 2.24) is 0 Å². The van der Waals surface area contributed by atoms with Crippen molar-refractivity contribution < 1.29 is 4.79 Å². The van der Waals surface area contributed by atoms with Crippen LogP contribution >= 0.6 is 0 Å². The van der Waals surface area contributed by atoms with E-state index in [1.807, 2.05) is 0 Å². The Morgan fingerprint density at radius 1 is 1.40 bits per heavy atom. The molecular weight excluding hydrogens is 123 g/mol. The van der Waals surface area contributed by atoms with E-state index in [1.54, 1.807) is 7.85 Å². The fourth-order valence-corrected chi connectivity index (χ4v) is 2.25. The van der Waals surface area contributed by atoms with Gasteiger partial charge in [0.25, 0.3) is 0 Å². The van der Waals surface area contributed by atoms with Crippen molar-refractivity contribution in [3.8, 4) is 0 Å². The van der Waals surface area contributed by atoms with E-state index in [4.69, 9.17) is 0 Å². The lowest BCUT2D eigenvalue weighted by Gasteiger charge is -2.13. The summed E-state index contributed by atoms with van der Waals surface area (Å²) in [4.78, 5) is 11.0. The Labute approximate surface area is 61.9 Å². The second-order valence-corrected chi connectivity index (χ2v) is 3.50. The smallest absolute Gasteiger partial charge is 0.187 e. The van der Waals surface area contributed by atoms with E-state index in [-0.39, 0.29) is 0 Å². The van der Waals surface area contributed by atoms with Gasteiger partial charge >= 0.3 is 0 Å². The molecule has 2 aliphatic carbocycles. The van der Waals surface area contributed by atoms with Crippen molar-refractivity contribution in [2.24, 2.45) is 17.8 Å². The van der Waals surface area contributed by atoms with Crippen LogP contribution in [-0.2, 0) is 4.79 Å². The molecule has 0 aliphatic heterocycles. The molecule has 10 heavy (non-hydrogen) atoms. The van der Waals surface area contributed by atoms with Gasteiger partial charge in [-0.15, -0.1) is 0 Å². The number of hydrogen-bond donors (Lipinski definition) is 0. The van der Waals surface area contributed by atoms with Gasteiger partial charge in [-0.05, 0) is 24.7 Å². The second kappa shape index (κ2) is 1.98. The largest absolute Gasteiger partial charge is 0.312 e. The van der Waals surface area contributed by atoms with E-state index in [0.29, 0.717) is 17.5 Å². The van der Waals surface area contributed by atoms with Gasteiger partial charge in [0.15, 0.2) is 7.85 Å². The molecule has 0 aromatic carbocycles. The molecule has 0 saturated heterocycles. The Bertz CT molecular complexity index is 197. The van der Waals surface area contributed by atoms with Gasteiger partial charge in [-0.25, -0.2) is 0 Å². The lowest BCUT2D eigenvalue weighted by Crippen LogP contribution is -2.18. The minimum atomic E-state index is 0.370. The molecule has 1 saturated carbocycles. The summed E-state index contributed by atoms with van der Waals surface area (Å²) in [6.07, 6.45) is 6.85. The maximum absolute atomic E-state index is 11.0. The standard InChI is InChI=1S/C8H11BO/c9-8(10)7-4-5-1-2-6(7)3-5/h1-2,5-7H,3-4,9H2. The highest BCUT2D eigenvalue weighted by molar-refractivity contribution is 6.58. The Balaban J connectivity index is 2.16. The molecule has 2 bridgehead atoms. The van der Waals surface area contributed by atoms with Crippen LogP contribution in [0, 0.1) is 17.8 Å². The summed E-state index contributed by atoms with van der Waals surface area (Å²) in [5.74, 6) is 1.70. The van der Waals surface area contributed by atoms with Crippen LogP contribution in [-0.4, -0.2) is 13.5 Å². The molecule has 0 N–H and O–H groups in total. The first-order valence-corrected chi connectivity index (χ1v) is 3.96. The molecule has 2 heteroatoms. The van der Waals surface area contributed by atoms with Crippen LogP contribution in [0.3, 0.4) is 0 Å². The fraction of sp³-hybridized carbons (Fsp3) is 0.625. The van der Waals surface area contributed by atoms with Gasteiger partial charge in [0.05, 0.1) is 5.68 Å². The van der Waals surface area contributed by atoms with E-state index in [2.05, 4.69) is 12.2 Å². The number of rotatable bonds is 1. The zero-order valence-corrected chi connectivity index (χ0v) is 6.21. The van der Waals surface area contributed by atoms with Gasteiger partial charge in [-0.2, -0.15) is 0 Å². The summed E-state index contributed by atoms with van der Waals surface area (Å²) < 4.78 is 0. The molecule has 1 fully saturated rings. The first-order valence-electron chi connectivity index (χ1n) is 3.96. The van der Waals surface area contributed by atoms with Crippen molar-refractivity contribution in [1.29, 1.82) is 0 Å². The summed E-state index contributed by atoms with van der Waals surface area (Å²) in [5, 5.41) is 0. The molecule has 1 nitrogen and oxygen atoms in total. The lowest BCUT2D eigenvalue weighted by molar-refractivity contribution is -0.115. The van der Waals surface area contributed by atoms with E-state index >= 15 is 0 Å². The Morgan fingerprint density at radius 2 is 2.20 bits per heavy atom. The number of fused-ring (bicyclic) bond motifs is 2. The summed E-state index contributed by atoms with van der Waals surface area (Å²) in [5.41, 5.74) is 0.386. The first kappa shape index (κ1) is 6.20. The molecule has 3 atom stereocenters. The van der Waals surface area contributed by atoms with Crippen LogP contribution in [0.1, 0.15) is 12.8 Å². The van der Waals surface area contributed by atoms with Crippen LogP contribution in [0.15, 0.2) is 12.2 Å². The number of carbonyl (C=O) groups is 1. The van der Waals surface area contributed by atoms with E-state index in [0.717, 1.165) is 12.3 Å². The zero-order chi connectivity index (χ0) is 7.14. The van der Waals surface area contributed by atoms with Crippen LogP contribution in [0.25, 0.3) is 0 Å². The Kier molecular flexibility index (Phi) is 1.23. The maximum Gasteiger partial charge on any atom is 0.187 e. The third-order valence-corrected chi connectivity index (χ3v) is 2.80. The number of allylic oxidation sites excluding steroid dienone is 2. The topological polar surface area (TPSA) is 17.1 Å². The zero-order valence-electron chi connectivity index (χ0n) is 6.21. The van der Waals surface area contributed by atoms with Gasteiger partial charge in [0.1, 0.15) is 0 Å². The SMILES string of the molecule is BC(=O)C1CC2C=CC1C2. The minimum Gasteiger partial charge on any atom is -0.312 e. The molecule has 0 aromatic heterocycles. The van der Waals surface area contributed by atoms with Gasteiger partial charge in [0.2, 0.25) is 0 Å². The molecule has 2 aliphatic rings. The van der Waals surface area contributed by atoms with Gasteiger partial charge in [0, 0.05) is 5.92 Å². The van der Waals surface area contributed by atoms with E-state index in [1.165, 1.54) is 6.42 Å². The van der Waals surface area contributed by atoms with Crippen molar-refractivity contribution in [2.45, 2.75) is 12.8 Å². The predicted octanol–water partition coefficient (Wildman–Crippen LogP) is 0.358. The molecule has 0 spiro atoms. The van der Waals surface area contributed by atoms with Crippen molar-refractivity contribution >= 4 is 13.5 Å². The molecule has 0 heterocycles. The van der Waals surface area contributed by atoms with Crippen molar-refractivity contribution in [3.05, 3.63) is 12.2 Å². The van der Waals surface area contributed by atoms with Crippen LogP contribution in [0.5, 0.6) is 0 Å². The third-order valence-electron chi connectivity index (χ3n) is 2.80. The Morgan fingerprint density at radius 3 is 2.50 bits per heavy atom. The lowest BCUT2D eigenvalue weighted by atomic mass is 9.81. The number of carbonyl (C=O) groups excluding carboxylic acids is 1. The number of hydrogen-bond acceptors (Lipinski definition) is 1. The van der Waals surface area contributed by atoms with Crippen molar-refractivity contribution in [2.75, 3.05) is 0 Å².